The molecular weight excluding hydrogens is 274 g/mol. The number of hydrogen-bond donors (Lipinski definition) is 1. The molecule has 2 aromatic rings. The Labute approximate surface area is 131 Å². The van der Waals surface area contributed by atoms with Crippen molar-refractivity contribution in [2.24, 2.45) is 7.05 Å². The summed E-state index contributed by atoms with van der Waals surface area (Å²) in [5.74, 6) is 1.18. The van der Waals surface area contributed by atoms with E-state index >= 15 is 0 Å². The first-order valence-corrected chi connectivity index (χ1v) is 8.39. The highest BCUT2D eigenvalue weighted by Crippen LogP contribution is 2.20. The fourth-order valence-corrected chi connectivity index (χ4v) is 3.84. The number of imidazole rings is 1. The van der Waals surface area contributed by atoms with Gasteiger partial charge < -0.3 is 9.88 Å². The van der Waals surface area contributed by atoms with Gasteiger partial charge in [-0.05, 0) is 18.6 Å². The van der Waals surface area contributed by atoms with Crippen LogP contribution in [0.2, 0.25) is 0 Å². The number of aromatic nitrogens is 2. The summed E-state index contributed by atoms with van der Waals surface area (Å²) in [5, 5.41) is 3.44. The van der Waals surface area contributed by atoms with E-state index < -0.39 is 0 Å². The van der Waals surface area contributed by atoms with Gasteiger partial charge in [-0.2, -0.15) is 0 Å². The lowest BCUT2D eigenvalue weighted by Crippen LogP contribution is -2.49. The van der Waals surface area contributed by atoms with E-state index in [0.717, 1.165) is 31.2 Å². The number of piperazine rings is 1. The van der Waals surface area contributed by atoms with E-state index in [0.29, 0.717) is 0 Å². The molecule has 0 spiro atoms. The van der Waals surface area contributed by atoms with Gasteiger partial charge in [-0.25, -0.2) is 4.98 Å². The van der Waals surface area contributed by atoms with Gasteiger partial charge in [0.25, 0.3) is 0 Å². The molecule has 0 saturated carbocycles. The van der Waals surface area contributed by atoms with Crippen LogP contribution in [0.4, 0.5) is 0 Å². The highest BCUT2D eigenvalue weighted by Gasteiger charge is 2.29. The van der Waals surface area contributed by atoms with Crippen LogP contribution in [-0.4, -0.2) is 64.7 Å². The summed E-state index contributed by atoms with van der Waals surface area (Å²) in [4.78, 5) is 10.0. The largest absolute Gasteiger partial charge is 0.330 e. The fourth-order valence-electron chi connectivity index (χ4n) is 3.84. The lowest BCUT2D eigenvalue weighted by molar-refractivity contribution is 0.169. The van der Waals surface area contributed by atoms with Crippen LogP contribution >= 0.6 is 0 Å². The summed E-state index contributed by atoms with van der Waals surface area (Å²) in [6, 6.07) is 9.14. The molecule has 3 heterocycles. The van der Waals surface area contributed by atoms with E-state index in [2.05, 4.69) is 51.0 Å². The Hall–Kier alpha value is -1.43. The first kappa shape index (κ1) is 14.2. The van der Waals surface area contributed by atoms with Gasteiger partial charge in [-0.3, -0.25) is 9.80 Å². The molecule has 2 aliphatic heterocycles. The zero-order valence-corrected chi connectivity index (χ0v) is 13.3. The standard InChI is InChI=1S/C17H25N5/c1-20-16-5-3-2-4-15(16)19-17(20)13-21-9-6-14(12-21)22-10-7-18-8-11-22/h2-5,14,18H,6-13H2,1H3. The number of likely N-dealkylation sites (tertiary alicyclic amines) is 1. The van der Waals surface area contributed by atoms with Crippen molar-refractivity contribution in [3.8, 4) is 0 Å². The number of benzene rings is 1. The number of nitrogens with one attached hydrogen (secondary N) is 1. The Bertz CT molecular complexity index is 644. The average Bonchev–Trinajstić information content (AvgIpc) is 3.15. The van der Waals surface area contributed by atoms with Gasteiger partial charge in [0.2, 0.25) is 0 Å². The minimum atomic E-state index is 0.733. The minimum absolute atomic E-state index is 0.733. The number of aryl methyl sites for hydroxylation is 1. The van der Waals surface area contributed by atoms with Gasteiger partial charge in [0, 0.05) is 52.4 Å². The maximum atomic E-state index is 4.81. The van der Waals surface area contributed by atoms with Crippen molar-refractivity contribution in [1.82, 2.24) is 24.7 Å². The molecule has 1 unspecified atom stereocenters. The molecule has 5 heteroatoms. The molecule has 2 fully saturated rings. The smallest absolute Gasteiger partial charge is 0.123 e. The Morgan fingerprint density at radius 2 is 2.00 bits per heavy atom. The predicted octanol–water partition coefficient (Wildman–Crippen LogP) is 1.05. The first-order valence-electron chi connectivity index (χ1n) is 8.39. The molecule has 0 aliphatic carbocycles. The topological polar surface area (TPSA) is 36.3 Å². The SMILES string of the molecule is Cn1c(CN2CCC(N3CCNCC3)C2)nc2ccccc21. The van der Waals surface area contributed by atoms with Crippen molar-refractivity contribution in [2.75, 3.05) is 39.3 Å². The third-order valence-electron chi connectivity index (χ3n) is 5.16. The second kappa shape index (κ2) is 5.99. The molecule has 1 aromatic heterocycles. The van der Waals surface area contributed by atoms with Crippen LogP contribution in [0.5, 0.6) is 0 Å². The van der Waals surface area contributed by atoms with Crippen LogP contribution in [0.1, 0.15) is 12.2 Å². The second-order valence-electron chi connectivity index (χ2n) is 6.54. The third-order valence-corrected chi connectivity index (χ3v) is 5.16. The van der Waals surface area contributed by atoms with Gasteiger partial charge in [-0.15, -0.1) is 0 Å². The van der Waals surface area contributed by atoms with E-state index in [4.69, 9.17) is 4.98 Å². The molecule has 118 valence electrons. The molecule has 0 bridgehead atoms. The van der Waals surface area contributed by atoms with Crippen LogP contribution in [-0.2, 0) is 13.6 Å². The van der Waals surface area contributed by atoms with Crippen LogP contribution in [0.25, 0.3) is 11.0 Å². The van der Waals surface area contributed by atoms with Crippen molar-refractivity contribution in [1.29, 1.82) is 0 Å². The van der Waals surface area contributed by atoms with Crippen molar-refractivity contribution in [3.63, 3.8) is 0 Å². The van der Waals surface area contributed by atoms with Gasteiger partial charge in [0.1, 0.15) is 5.82 Å². The molecule has 4 rings (SSSR count). The highest BCUT2D eigenvalue weighted by atomic mass is 15.3. The molecule has 2 aliphatic rings. The normalized spacial score (nSPS) is 24.3. The minimum Gasteiger partial charge on any atom is -0.330 e. The van der Waals surface area contributed by atoms with E-state index in [-0.39, 0.29) is 0 Å². The van der Waals surface area contributed by atoms with E-state index in [1.54, 1.807) is 0 Å². The monoisotopic (exact) mass is 299 g/mol. The third kappa shape index (κ3) is 2.64. The summed E-state index contributed by atoms with van der Waals surface area (Å²) >= 11 is 0. The Kier molecular flexibility index (Phi) is 3.86. The lowest BCUT2D eigenvalue weighted by atomic mass is 10.2. The zero-order valence-electron chi connectivity index (χ0n) is 13.3. The summed E-state index contributed by atoms with van der Waals surface area (Å²) in [5.41, 5.74) is 2.34. The predicted molar refractivity (Wildman–Crippen MR) is 88.8 cm³/mol. The molecule has 0 radical (unpaired) electrons. The lowest BCUT2D eigenvalue weighted by Gasteiger charge is -2.32. The zero-order chi connectivity index (χ0) is 14.9. The van der Waals surface area contributed by atoms with Gasteiger partial charge in [0.15, 0.2) is 0 Å². The van der Waals surface area contributed by atoms with Gasteiger partial charge in [0.05, 0.1) is 17.6 Å². The van der Waals surface area contributed by atoms with E-state index in [9.17, 15) is 0 Å². The van der Waals surface area contributed by atoms with Crippen molar-refractivity contribution >= 4 is 11.0 Å². The highest BCUT2D eigenvalue weighted by molar-refractivity contribution is 5.75. The Morgan fingerprint density at radius 3 is 2.82 bits per heavy atom. The number of nitrogens with zero attached hydrogens (tertiary/aromatic N) is 4. The van der Waals surface area contributed by atoms with Crippen molar-refractivity contribution in [2.45, 2.75) is 19.0 Å². The van der Waals surface area contributed by atoms with Crippen LogP contribution < -0.4 is 5.32 Å². The molecule has 5 nitrogen and oxygen atoms in total. The first-order chi connectivity index (χ1) is 10.8. The molecule has 1 atom stereocenters. The van der Waals surface area contributed by atoms with Crippen LogP contribution in [0.15, 0.2) is 24.3 Å². The van der Waals surface area contributed by atoms with Crippen molar-refractivity contribution < 1.29 is 0 Å². The summed E-state index contributed by atoms with van der Waals surface area (Å²) in [7, 11) is 2.13. The molecule has 0 amide bonds. The van der Waals surface area contributed by atoms with Crippen LogP contribution in [0, 0.1) is 0 Å². The molecule has 1 N–H and O–H groups in total. The van der Waals surface area contributed by atoms with Crippen molar-refractivity contribution in [3.05, 3.63) is 30.1 Å². The van der Waals surface area contributed by atoms with E-state index in [1.807, 2.05) is 0 Å². The summed E-state index contributed by atoms with van der Waals surface area (Å²) in [6.45, 7) is 8.02. The van der Waals surface area contributed by atoms with Gasteiger partial charge >= 0.3 is 0 Å². The second-order valence-corrected chi connectivity index (χ2v) is 6.54. The quantitative estimate of drug-likeness (QED) is 0.919. The van der Waals surface area contributed by atoms with Crippen LogP contribution in [0.3, 0.4) is 0 Å². The van der Waals surface area contributed by atoms with Gasteiger partial charge in [-0.1, -0.05) is 12.1 Å². The maximum Gasteiger partial charge on any atom is 0.123 e. The number of hydrogen-bond acceptors (Lipinski definition) is 4. The van der Waals surface area contributed by atoms with E-state index in [1.165, 1.54) is 43.9 Å². The average molecular weight is 299 g/mol. The fraction of sp³-hybridized carbons (Fsp3) is 0.588. The molecular formula is C17H25N5. The summed E-state index contributed by atoms with van der Waals surface area (Å²) in [6.07, 6.45) is 1.30. The molecule has 1 aromatic carbocycles. The maximum absolute atomic E-state index is 4.81. The number of para-hydroxylation sites is 2. The Balaban J connectivity index is 1.44. The molecule has 22 heavy (non-hydrogen) atoms. The number of fused-ring (bicyclic) bond motifs is 1. The number of rotatable bonds is 3. The summed E-state index contributed by atoms with van der Waals surface area (Å²) < 4.78 is 2.24. The molecule has 2 saturated heterocycles. The Morgan fingerprint density at radius 1 is 1.18 bits per heavy atom.